The molecule has 1 aromatic heterocycles. The van der Waals surface area contributed by atoms with E-state index >= 15 is 0 Å². The molecule has 0 amide bonds. The van der Waals surface area contributed by atoms with E-state index < -0.39 is 0 Å². The SMILES string of the molecule is CC1CN(C)CCN1c1ccc(/C(N)=N/O)cn1. The van der Waals surface area contributed by atoms with Crippen molar-refractivity contribution in [2.24, 2.45) is 10.9 Å². The predicted molar refractivity (Wildman–Crippen MR) is 71.1 cm³/mol. The summed E-state index contributed by atoms with van der Waals surface area (Å²) in [4.78, 5) is 8.97. The Kier molecular flexibility index (Phi) is 3.66. The normalized spacial score (nSPS) is 22.2. The van der Waals surface area contributed by atoms with Crippen molar-refractivity contribution in [2.45, 2.75) is 13.0 Å². The Morgan fingerprint density at radius 3 is 2.83 bits per heavy atom. The number of pyridine rings is 1. The molecule has 1 saturated heterocycles. The Morgan fingerprint density at radius 1 is 1.50 bits per heavy atom. The van der Waals surface area contributed by atoms with Crippen molar-refractivity contribution in [3.63, 3.8) is 0 Å². The van der Waals surface area contributed by atoms with Crippen molar-refractivity contribution >= 4 is 11.7 Å². The molecule has 1 aromatic rings. The van der Waals surface area contributed by atoms with Crippen molar-refractivity contribution in [3.8, 4) is 0 Å². The topological polar surface area (TPSA) is 78.0 Å². The van der Waals surface area contributed by atoms with Crippen LogP contribution in [0.15, 0.2) is 23.5 Å². The molecule has 0 aliphatic carbocycles. The van der Waals surface area contributed by atoms with Crippen molar-refractivity contribution in [2.75, 3.05) is 31.6 Å². The minimum Gasteiger partial charge on any atom is -0.409 e. The van der Waals surface area contributed by atoms with Gasteiger partial charge >= 0.3 is 0 Å². The summed E-state index contributed by atoms with van der Waals surface area (Å²) in [6.45, 7) is 5.22. The molecule has 2 heterocycles. The fourth-order valence-corrected chi connectivity index (χ4v) is 2.25. The van der Waals surface area contributed by atoms with Crippen LogP contribution >= 0.6 is 0 Å². The van der Waals surface area contributed by atoms with Gasteiger partial charge < -0.3 is 20.7 Å². The van der Waals surface area contributed by atoms with E-state index in [4.69, 9.17) is 10.9 Å². The van der Waals surface area contributed by atoms with Gasteiger partial charge in [0.2, 0.25) is 0 Å². The van der Waals surface area contributed by atoms with Gasteiger partial charge in [-0.05, 0) is 26.1 Å². The van der Waals surface area contributed by atoms with E-state index in [1.807, 2.05) is 12.1 Å². The van der Waals surface area contributed by atoms with Gasteiger partial charge in [-0.1, -0.05) is 5.16 Å². The van der Waals surface area contributed by atoms with Crippen LogP contribution in [0, 0.1) is 0 Å². The van der Waals surface area contributed by atoms with E-state index in [0.717, 1.165) is 25.5 Å². The number of anilines is 1. The second kappa shape index (κ2) is 5.22. The first-order chi connectivity index (χ1) is 8.61. The van der Waals surface area contributed by atoms with Gasteiger partial charge in [0.1, 0.15) is 5.82 Å². The molecule has 0 radical (unpaired) electrons. The van der Waals surface area contributed by atoms with E-state index in [2.05, 4.69) is 33.9 Å². The lowest BCUT2D eigenvalue weighted by Gasteiger charge is -2.39. The van der Waals surface area contributed by atoms with Crippen LogP contribution in [0.2, 0.25) is 0 Å². The zero-order valence-corrected chi connectivity index (χ0v) is 10.7. The number of piperazine rings is 1. The lowest BCUT2D eigenvalue weighted by molar-refractivity contribution is 0.274. The second-order valence-corrected chi connectivity index (χ2v) is 4.69. The zero-order valence-electron chi connectivity index (χ0n) is 10.7. The van der Waals surface area contributed by atoms with Crippen LogP contribution in [0.4, 0.5) is 5.82 Å². The van der Waals surface area contributed by atoms with Gasteiger partial charge in [-0.25, -0.2) is 4.98 Å². The van der Waals surface area contributed by atoms with Crippen LogP contribution in [0.25, 0.3) is 0 Å². The molecule has 18 heavy (non-hydrogen) atoms. The summed E-state index contributed by atoms with van der Waals surface area (Å²) in [7, 11) is 2.13. The number of rotatable bonds is 2. The van der Waals surface area contributed by atoms with Gasteiger partial charge in [-0.3, -0.25) is 0 Å². The van der Waals surface area contributed by atoms with Gasteiger partial charge in [-0.15, -0.1) is 0 Å². The van der Waals surface area contributed by atoms with Crippen molar-refractivity contribution in [1.29, 1.82) is 0 Å². The molecule has 0 spiro atoms. The molecular formula is C12H19N5O. The molecule has 0 aromatic carbocycles. The fourth-order valence-electron chi connectivity index (χ4n) is 2.25. The molecule has 1 atom stereocenters. The largest absolute Gasteiger partial charge is 0.409 e. The molecular weight excluding hydrogens is 230 g/mol. The fraction of sp³-hybridized carbons (Fsp3) is 0.500. The number of oxime groups is 1. The monoisotopic (exact) mass is 249 g/mol. The van der Waals surface area contributed by atoms with E-state index in [9.17, 15) is 0 Å². The predicted octanol–water partition coefficient (Wildman–Crippen LogP) is 0.316. The quantitative estimate of drug-likeness (QED) is 0.341. The average molecular weight is 249 g/mol. The van der Waals surface area contributed by atoms with Gasteiger partial charge in [0.25, 0.3) is 0 Å². The number of aromatic nitrogens is 1. The van der Waals surface area contributed by atoms with E-state index in [1.54, 1.807) is 6.20 Å². The Balaban J connectivity index is 2.14. The molecule has 1 unspecified atom stereocenters. The van der Waals surface area contributed by atoms with Crippen LogP contribution < -0.4 is 10.6 Å². The Labute approximate surface area is 107 Å². The van der Waals surface area contributed by atoms with E-state index in [1.165, 1.54) is 0 Å². The summed E-state index contributed by atoms with van der Waals surface area (Å²) in [6.07, 6.45) is 1.63. The van der Waals surface area contributed by atoms with Gasteiger partial charge in [0.05, 0.1) is 0 Å². The van der Waals surface area contributed by atoms with E-state index in [-0.39, 0.29) is 5.84 Å². The van der Waals surface area contributed by atoms with Crippen LogP contribution in [-0.2, 0) is 0 Å². The smallest absolute Gasteiger partial charge is 0.171 e. The lowest BCUT2D eigenvalue weighted by atomic mass is 10.2. The van der Waals surface area contributed by atoms with Crippen LogP contribution in [0.1, 0.15) is 12.5 Å². The molecule has 6 heteroatoms. The van der Waals surface area contributed by atoms with Crippen LogP contribution in [-0.4, -0.2) is 53.7 Å². The summed E-state index contributed by atoms with van der Waals surface area (Å²) in [5.74, 6) is 1.02. The highest BCUT2D eigenvalue weighted by atomic mass is 16.4. The molecule has 1 aliphatic heterocycles. The molecule has 98 valence electrons. The third-order valence-corrected chi connectivity index (χ3v) is 3.28. The summed E-state index contributed by atoms with van der Waals surface area (Å²) in [5, 5.41) is 11.6. The number of nitrogens with zero attached hydrogens (tertiary/aromatic N) is 4. The average Bonchev–Trinajstić information content (AvgIpc) is 2.38. The molecule has 6 nitrogen and oxygen atoms in total. The third-order valence-electron chi connectivity index (χ3n) is 3.28. The van der Waals surface area contributed by atoms with Crippen LogP contribution in [0.3, 0.4) is 0 Å². The third kappa shape index (κ3) is 2.53. The number of hydrogen-bond acceptors (Lipinski definition) is 5. The standard InChI is InChI=1S/C12H19N5O/c1-9-8-16(2)5-6-17(9)11-4-3-10(7-14-11)12(13)15-18/h3-4,7,9,18H,5-6,8H2,1-2H3,(H2,13,15). The first kappa shape index (κ1) is 12.6. The van der Waals surface area contributed by atoms with Crippen molar-refractivity contribution in [1.82, 2.24) is 9.88 Å². The van der Waals surface area contributed by atoms with Gasteiger partial charge in [0.15, 0.2) is 5.84 Å². The number of nitrogens with two attached hydrogens (primary N) is 1. The Hall–Kier alpha value is -1.82. The highest BCUT2D eigenvalue weighted by Gasteiger charge is 2.22. The molecule has 1 aliphatic rings. The minimum absolute atomic E-state index is 0.0838. The maximum absolute atomic E-state index is 8.60. The first-order valence-corrected chi connectivity index (χ1v) is 6.01. The second-order valence-electron chi connectivity index (χ2n) is 4.69. The van der Waals surface area contributed by atoms with Gasteiger partial charge in [-0.2, -0.15) is 0 Å². The summed E-state index contributed by atoms with van der Waals surface area (Å²) in [6, 6.07) is 4.17. The highest BCUT2D eigenvalue weighted by molar-refractivity contribution is 5.96. The van der Waals surface area contributed by atoms with E-state index in [0.29, 0.717) is 11.6 Å². The Morgan fingerprint density at radius 2 is 2.28 bits per heavy atom. The summed E-state index contributed by atoms with van der Waals surface area (Å²) >= 11 is 0. The highest BCUT2D eigenvalue weighted by Crippen LogP contribution is 2.17. The van der Waals surface area contributed by atoms with Gasteiger partial charge in [0, 0.05) is 37.4 Å². The summed E-state index contributed by atoms with van der Waals surface area (Å²) < 4.78 is 0. The lowest BCUT2D eigenvalue weighted by Crippen LogP contribution is -2.50. The zero-order chi connectivity index (χ0) is 13.1. The first-order valence-electron chi connectivity index (χ1n) is 6.01. The molecule has 0 saturated carbocycles. The Bertz CT molecular complexity index is 431. The number of amidine groups is 1. The maximum atomic E-state index is 8.60. The molecule has 0 bridgehead atoms. The summed E-state index contributed by atoms with van der Waals surface area (Å²) in [5.41, 5.74) is 6.14. The molecule has 1 fully saturated rings. The maximum Gasteiger partial charge on any atom is 0.171 e. The van der Waals surface area contributed by atoms with Crippen molar-refractivity contribution in [3.05, 3.63) is 23.9 Å². The van der Waals surface area contributed by atoms with Crippen LogP contribution in [0.5, 0.6) is 0 Å². The van der Waals surface area contributed by atoms with Crippen molar-refractivity contribution < 1.29 is 5.21 Å². The number of likely N-dealkylation sites (N-methyl/N-ethyl adjacent to an activating group) is 1. The minimum atomic E-state index is 0.0838. The molecule has 2 rings (SSSR count). The molecule has 3 N–H and O–H groups in total. The number of hydrogen-bond donors (Lipinski definition) is 2.